The second-order valence-electron chi connectivity index (χ2n) is 7.17. The van der Waals surface area contributed by atoms with Gasteiger partial charge in [0, 0.05) is 37.1 Å². The molecule has 138 valence electrons. The third-order valence-corrected chi connectivity index (χ3v) is 5.04. The van der Waals surface area contributed by atoms with Crippen molar-refractivity contribution < 1.29 is 4.79 Å². The van der Waals surface area contributed by atoms with E-state index in [0.717, 1.165) is 48.3 Å². The third-order valence-electron chi connectivity index (χ3n) is 5.04. The van der Waals surface area contributed by atoms with Crippen molar-refractivity contribution in [3.63, 3.8) is 0 Å². The predicted molar refractivity (Wildman–Crippen MR) is 108 cm³/mol. The summed E-state index contributed by atoms with van der Waals surface area (Å²) in [5.41, 5.74) is 7.59. The number of hydrogen-bond acceptors (Lipinski definition) is 4. The highest BCUT2D eigenvalue weighted by Crippen LogP contribution is 2.25. The standard InChI is InChI=1S/C22H24N4O/c1-16-6-5-7-17(14-16)21-15-19(18-8-3-4-9-20(18)23-21)22(27)24-26-12-10-25(2)11-13-26/h3-9,14-15H,10-13H2,1-2H3,(H,24,27). The van der Waals surface area contributed by atoms with Crippen LogP contribution in [0.3, 0.4) is 0 Å². The quantitative estimate of drug-likeness (QED) is 0.780. The zero-order valence-electron chi connectivity index (χ0n) is 15.8. The number of amides is 1. The lowest BCUT2D eigenvalue weighted by molar-refractivity contribution is 0.0664. The van der Waals surface area contributed by atoms with Gasteiger partial charge in [0.25, 0.3) is 5.91 Å². The number of carbonyl (C=O) groups excluding carboxylic acids is 1. The van der Waals surface area contributed by atoms with Crippen LogP contribution in [0.2, 0.25) is 0 Å². The molecule has 2 heterocycles. The second kappa shape index (κ2) is 7.47. The number of carbonyl (C=O) groups is 1. The Labute approximate surface area is 159 Å². The summed E-state index contributed by atoms with van der Waals surface area (Å²) >= 11 is 0. The number of fused-ring (bicyclic) bond motifs is 1. The van der Waals surface area contributed by atoms with Gasteiger partial charge in [0.15, 0.2) is 0 Å². The summed E-state index contributed by atoms with van der Waals surface area (Å²) in [6, 6.07) is 17.9. The number of hydrogen-bond donors (Lipinski definition) is 1. The van der Waals surface area contributed by atoms with Gasteiger partial charge < -0.3 is 4.90 Å². The number of piperazine rings is 1. The van der Waals surface area contributed by atoms with E-state index in [2.05, 4.69) is 36.4 Å². The lowest BCUT2D eigenvalue weighted by atomic mass is 10.0. The maximum Gasteiger partial charge on any atom is 0.266 e. The number of nitrogens with zero attached hydrogens (tertiary/aromatic N) is 3. The Balaban J connectivity index is 1.71. The Morgan fingerprint density at radius 2 is 1.78 bits per heavy atom. The van der Waals surface area contributed by atoms with E-state index in [9.17, 15) is 4.79 Å². The molecule has 0 atom stereocenters. The van der Waals surface area contributed by atoms with Crippen LogP contribution in [-0.2, 0) is 0 Å². The van der Waals surface area contributed by atoms with Crippen LogP contribution in [0.15, 0.2) is 54.6 Å². The van der Waals surface area contributed by atoms with Crippen molar-refractivity contribution in [1.82, 2.24) is 20.3 Å². The predicted octanol–water partition coefficient (Wildman–Crippen LogP) is 3.10. The molecule has 1 aliphatic heterocycles. The lowest BCUT2D eigenvalue weighted by Gasteiger charge is -2.32. The van der Waals surface area contributed by atoms with E-state index in [1.807, 2.05) is 47.5 Å². The molecule has 5 heteroatoms. The average Bonchev–Trinajstić information content (AvgIpc) is 2.69. The minimum absolute atomic E-state index is 0.0768. The zero-order chi connectivity index (χ0) is 18.8. The van der Waals surface area contributed by atoms with E-state index in [1.165, 1.54) is 5.56 Å². The molecule has 27 heavy (non-hydrogen) atoms. The highest BCUT2D eigenvalue weighted by Gasteiger charge is 2.19. The van der Waals surface area contributed by atoms with Crippen LogP contribution >= 0.6 is 0 Å². The lowest BCUT2D eigenvalue weighted by Crippen LogP contribution is -2.52. The summed E-state index contributed by atoms with van der Waals surface area (Å²) in [5.74, 6) is -0.0768. The van der Waals surface area contributed by atoms with Gasteiger partial charge in [-0.3, -0.25) is 10.2 Å². The fraction of sp³-hybridized carbons (Fsp3) is 0.273. The molecule has 0 aliphatic carbocycles. The number of pyridine rings is 1. The Hall–Kier alpha value is -2.76. The summed E-state index contributed by atoms with van der Waals surface area (Å²) < 4.78 is 0. The number of para-hydroxylation sites is 1. The van der Waals surface area contributed by atoms with Gasteiger partial charge in [0.2, 0.25) is 0 Å². The number of rotatable bonds is 3. The molecule has 0 radical (unpaired) electrons. The van der Waals surface area contributed by atoms with Gasteiger partial charge in [-0.1, -0.05) is 42.0 Å². The van der Waals surface area contributed by atoms with Crippen LogP contribution in [0.1, 0.15) is 15.9 Å². The number of nitrogens with one attached hydrogen (secondary N) is 1. The maximum absolute atomic E-state index is 13.1. The average molecular weight is 360 g/mol. The number of likely N-dealkylation sites (N-methyl/N-ethyl adjacent to an activating group) is 1. The van der Waals surface area contributed by atoms with Crippen molar-refractivity contribution >= 4 is 16.8 Å². The zero-order valence-corrected chi connectivity index (χ0v) is 15.8. The van der Waals surface area contributed by atoms with Crippen molar-refractivity contribution in [2.75, 3.05) is 33.2 Å². The normalized spacial score (nSPS) is 15.8. The SMILES string of the molecule is Cc1cccc(-c2cc(C(=O)NN3CCN(C)CC3)c3ccccc3n2)c1. The molecule has 1 amide bonds. The first-order valence-electron chi connectivity index (χ1n) is 9.31. The van der Waals surface area contributed by atoms with Gasteiger partial charge in [0.05, 0.1) is 16.8 Å². The highest BCUT2D eigenvalue weighted by molar-refractivity contribution is 6.07. The maximum atomic E-state index is 13.1. The van der Waals surface area contributed by atoms with E-state index in [1.54, 1.807) is 0 Å². The Morgan fingerprint density at radius 1 is 1.00 bits per heavy atom. The first kappa shape index (κ1) is 17.6. The van der Waals surface area contributed by atoms with Gasteiger partial charge >= 0.3 is 0 Å². The molecule has 2 aromatic carbocycles. The Kier molecular flexibility index (Phi) is 4.88. The molecule has 1 N–H and O–H groups in total. The fourth-order valence-corrected chi connectivity index (χ4v) is 3.44. The molecule has 3 aromatic rings. The van der Waals surface area contributed by atoms with Crippen molar-refractivity contribution in [1.29, 1.82) is 0 Å². The largest absolute Gasteiger partial charge is 0.304 e. The molecule has 0 unspecified atom stereocenters. The molecule has 4 rings (SSSR count). The summed E-state index contributed by atoms with van der Waals surface area (Å²) in [6.07, 6.45) is 0. The van der Waals surface area contributed by atoms with E-state index >= 15 is 0 Å². The van der Waals surface area contributed by atoms with Crippen molar-refractivity contribution in [3.05, 3.63) is 65.7 Å². The molecule has 1 aromatic heterocycles. The van der Waals surface area contributed by atoms with E-state index in [0.29, 0.717) is 5.56 Å². The van der Waals surface area contributed by atoms with Crippen molar-refractivity contribution in [2.45, 2.75) is 6.92 Å². The summed E-state index contributed by atoms with van der Waals surface area (Å²) in [7, 11) is 2.10. The minimum Gasteiger partial charge on any atom is -0.304 e. The number of hydrazine groups is 1. The van der Waals surface area contributed by atoms with Gasteiger partial charge in [-0.15, -0.1) is 0 Å². The van der Waals surface area contributed by atoms with Crippen LogP contribution in [0.4, 0.5) is 0 Å². The molecule has 1 fully saturated rings. The third kappa shape index (κ3) is 3.84. The van der Waals surface area contributed by atoms with Gasteiger partial charge in [-0.05, 0) is 32.2 Å². The van der Waals surface area contributed by atoms with Crippen LogP contribution in [0.5, 0.6) is 0 Å². The molecule has 1 saturated heterocycles. The van der Waals surface area contributed by atoms with E-state index < -0.39 is 0 Å². The molecule has 5 nitrogen and oxygen atoms in total. The highest BCUT2D eigenvalue weighted by atomic mass is 16.2. The summed E-state index contributed by atoms with van der Waals surface area (Å²) in [4.78, 5) is 20.1. The Bertz CT molecular complexity index is 977. The molecule has 1 aliphatic rings. The number of aryl methyl sites for hydroxylation is 1. The summed E-state index contributed by atoms with van der Waals surface area (Å²) in [6.45, 7) is 5.62. The first-order chi connectivity index (χ1) is 13.1. The van der Waals surface area contributed by atoms with Gasteiger partial charge in [-0.25, -0.2) is 9.99 Å². The number of benzene rings is 2. The van der Waals surface area contributed by atoms with Gasteiger partial charge in [-0.2, -0.15) is 0 Å². The molecule has 0 saturated carbocycles. The molecular weight excluding hydrogens is 336 g/mol. The van der Waals surface area contributed by atoms with Crippen LogP contribution in [0, 0.1) is 6.92 Å². The van der Waals surface area contributed by atoms with Crippen LogP contribution in [-0.4, -0.2) is 54.0 Å². The first-order valence-corrected chi connectivity index (χ1v) is 9.31. The fourth-order valence-electron chi connectivity index (χ4n) is 3.44. The number of aromatic nitrogens is 1. The van der Waals surface area contributed by atoms with Gasteiger partial charge in [0.1, 0.15) is 0 Å². The van der Waals surface area contributed by atoms with Crippen molar-refractivity contribution in [2.24, 2.45) is 0 Å². The summed E-state index contributed by atoms with van der Waals surface area (Å²) in [5, 5.41) is 2.88. The molecular formula is C22H24N4O. The monoisotopic (exact) mass is 360 g/mol. The van der Waals surface area contributed by atoms with E-state index in [4.69, 9.17) is 4.98 Å². The Morgan fingerprint density at radius 3 is 2.56 bits per heavy atom. The van der Waals surface area contributed by atoms with Crippen LogP contribution in [0.25, 0.3) is 22.2 Å². The van der Waals surface area contributed by atoms with Crippen molar-refractivity contribution in [3.8, 4) is 11.3 Å². The smallest absolute Gasteiger partial charge is 0.266 e. The van der Waals surface area contributed by atoms with Crippen LogP contribution < -0.4 is 5.43 Å². The second-order valence-corrected chi connectivity index (χ2v) is 7.17. The molecule has 0 spiro atoms. The topological polar surface area (TPSA) is 48.5 Å². The minimum atomic E-state index is -0.0768. The molecule has 0 bridgehead atoms. The van der Waals surface area contributed by atoms with E-state index in [-0.39, 0.29) is 5.91 Å².